The van der Waals surface area contributed by atoms with Gasteiger partial charge in [-0.1, -0.05) is 13.8 Å². The van der Waals surface area contributed by atoms with Crippen LogP contribution in [0, 0.1) is 0 Å². The molecule has 0 bridgehead atoms. The van der Waals surface area contributed by atoms with E-state index < -0.39 is 0 Å². The van der Waals surface area contributed by atoms with Gasteiger partial charge in [0.15, 0.2) is 0 Å². The molecule has 0 spiro atoms. The van der Waals surface area contributed by atoms with E-state index >= 15 is 0 Å². The zero-order valence-corrected chi connectivity index (χ0v) is 11.3. The molecular formula is C14H25N3. The molecule has 0 aromatic carbocycles. The van der Waals surface area contributed by atoms with Crippen molar-refractivity contribution in [3.63, 3.8) is 0 Å². The predicted molar refractivity (Wildman–Crippen MR) is 72.9 cm³/mol. The minimum Gasteiger partial charge on any atom is -0.313 e. The van der Waals surface area contributed by atoms with Crippen molar-refractivity contribution in [2.45, 2.75) is 39.8 Å². The molecule has 1 aromatic heterocycles. The number of likely N-dealkylation sites (N-methyl/N-ethyl adjacent to an activating group) is 1. The Morgan fingerprint density at radius 1 is 1.29 bits per heavy atom. The molecule has 1 N–H and O–H groups in total. The minimum absolute atomic E-state index is 0.620. The predicted octanol–water partition coefficient (Wildman–Crippen LogP) is 2.29. The van der Waals surface area contributed by atoms with Crippen LogP contribution in [0.15, 0.2) is 24.5 Å². The first-order valence-corrected chi connectivity index (χ1v) is 6.60. The molecule has 1 rings (SSSR count). The molecule has 0 fully saturated rings. The van der Waals surface area contributed by atoms with E-state index in [4.69, 9.17) is 0 Å². The lowest BCUT2D eigenvalue weighted by atomic mass is 10.2. The van der Waals surface area contributed by atoms with Crippen LogP contribution in [-0.4, -0.2) is 35.6 Å². The quantitative estimate of drug-likeness (QED) is 0.749. The maximum Gasteiger partial charge on any atom is 0.0271 e. The summed E-state index contributed by atoms with van der Waals surface area (Å²) in [5.41, 5.74) is 1.34. The van der Waals surface area contributed by atoms with E-state index in [0.717, 1.165) is 26.2 Å². The molecule has 96 valence electrons. The molecule has 0 amide bonds. The summed E-state index contributed by atoms with van der Waals surface area (Å²) >= 11 is 0. The van der Waals surface area contributed by atoms with E-state index in [1.54, 1.807) is 0 Å². The highest BCUT2D eigenvalue weighted by molar-refractivity contribution is 5.09. The first kappa shape index (κ1) is 14.1. The normalized spacial score (nSPS) is 12.9. The van der Waals surface area contributed by atoms with Gasteiger partial charge < -0.3 is 5.32 Å². The molecule has 1 heterocycles. The summed E-state index contributed by atoms with van der Waals surface area (Å²) in [7, 11) is 0. The fourth-order valence-electron chi connectivity index (χ4n) is 1.71. The van der Waals surface area contributed by atoms with Crippen LogP contribution in [0.4, 0.5) is 0 Å². The number of nitrogens with one attached hydrogen (secondary N) is 1. The van der Waals surface area contributed by atoms with Crippen molar-refractivity contribution < 1.29 is 0 Å². The summed E-state index contributed by atoms with van der Waals surface area (Å²) in [6, 6.07) is 4.80. The third-order valence-electron chi connectivity index (χ3n) is 3.14. The monoisotopic (exact) mass is 235 g/mol. The number of hydrogen-bond acceptors (Lipinski definition) is 3. The summed E-state index contributed by atoms with van der Waals surface area (Å²) in [5, 5.41) is 3.53. The second-order valence-electron chi connectivity index (χ2n) is 4.49. The highest BCUT2D eigenvalue weighted by atomic mass is 15.1. The first-order valence-electron chi connectivity index (χ1n) is 6.60. The van der Waals surface area contributed by atoms with Gasteiger partial charge in [-0.05, 0) is 37.6 Å². The molecule has 0 saturated heterocycles. The maximum absolute atomic E-state index is 4.04. The van der Waals surface area contributed by atoms with Gasteiger partial charge in [-0.25, -0.2) is 0 Å². The minimum atomic E-state index is 0.620. The highest BCUT2D eigenvalue weighted by Crippen LogP contribution is 2.02. The van der Waals surface area contributed by atoms with Crippen molar-refractivity contribution in [2.75, 3.05) is 19.6 Å². The number of hydrogen-bond donors (Lipinski definition) is 1. The molecule has 0 aliphatic carbocycles. The number of rotatable bonds is 8. The third-order valence-corrected chi connectivity index (χ3v) is 3.14. The lowest BCUT2D eigenvalue weighted by Gasteiger charge is -2.21. The molecule has 1 aromatic rings. The Bertz CT molecular complexity index is 287. The first-order chi connectivity index (χ1) is 8.26. The molecule has 1 unspecified atom stereocenters. The largest absolute Gasteiger partial charge is 0.313 e. The zero-order chi connectivity index (χ0) is 12.5. The highest BCUT2D eigenvalue weighted by Gasteiger charge is 2.04. The average Bonchev–Trinajstić information content (AvgIpc) is 2.38. The molecule has 0 aliphatic heterocycles. The van der Waals surface area contributed by atoms with Crippen molar-refractivity contribution in [3.8, 4) is 0 Å². The molecule has 3 nitrogen and oxygen atoms in total. The van der Waals surface area contributed by atoms with Crippen LogP contribution in [-0.2, 0) is 6.54 Å². The van der Waals surface area contributed by atoms with Gasteiger partial charge in [-0.2, -0.15) is 0 Å². The van der Waals surface area contributed by atoms with Crippen LogP contribution in [0.2, 0.25) is 0 Å². The van der Waals surface area contributed by atoms with Gasteiger partial charge in [0.25, 0.3) is 0 Å². The standard InChI is InChI=1S/C14H25N3/c1-4-13(3)16-10-11-17(5-2)12-14-6-8-15-9-7-14/h6-9,13,16H,4-5,10-12H2,1-3H3. The Hall–Kier alpha value is -0.930. The summed E-state index contributed by atoms with van der Waals surface area (Å²) < 4.78 is 0. The molecule has 0 radical (unpaired) electrons. The summed E-state index contributed by atoms with van der Waals surface area (Å²) in [6.45, 7) is 10.9. The van der Waals surface area contributed by atoms with Crippen LogP contribution in [0.25, 0.3) is 0 Å². The number of aromatic nitrogens is 1. The van der Waals surface area contributed by atoms with Crippen molar-refractivity contribution in [1.29, 1.82) is 0 Å². The SMILES string of the molecule is CCC(C)NCCN(CC)Cc1ccncc1. The fraction of sp³-hybridized carbons (Fsp3) is 0.643. The van der Waals surface area contributed by atoms with E-state index in [2.05, 4.69) is 48.1 Å². The zero-order valence-electron chi connectivity index (χ0n) is 11.3. The van der Waals surface area contributed by atoms with E-state index in [-0.39, 0.29) is 0 Å². The van der Waals surface area contributed by atoms with Crippen LogP contribution < -0.4 is 5.32 Å². The van der Waals surface area contributed by atoms with Crippen LogP contribution in [0.3, 0.4) is 0 Å². The Labute approximate surface area is 105 Å². The van der Waals surface area contributed by atoms with Gasteiger partial charge >= 0.3 is 0 Å². The summed E-state index contributed by atoms with van der Waals surface area (Å²) in [4.78, 5) is 6.49. The van der Waals surface area contributed by atoms with Crippen LogP contribution >= 0.6 is 0 Å². The molecule has 3 heteroatoms. The third kappa shape index (κ3) is 5.80. The maximum atomic E-state index is 4.04. The van der Waals surface area contributed by atoms with Crippen LogP contribution in [0.5, 0.6) is 0 Å². The second kappa shape index (κ2) is 8.20. The molecule has 17 heavy (non-hydrogen) atoms. The Kier molecular flexibility index (Phi) is 6.82. The molecule has 0 saturated carbocycles. The number of nitrogens with zero attached hydrogens (tertiary/aromatic N) is 2. The lowest BCUT2D eigenvalue weighted by molar-refractivity contribution is 0.274. The fourth-order valence-corrected chi connectivity index (χ4v) is 1.71. The molecule has 0 aliphatic rings. The van der Waals surface area contributed by atoms with E-state index in [9.17, 15) is 0 Å². The van der Waals surface area contributed by atoms with Gasteiger partial charge in [0, 0.05) is 38.1 Å². The average molecular weight is 235 g/mol. The van der Waals surface area contributed by atoms with Crippen LogP contribution in [0.1, 0.15) is 32.8 Å². The van der Waals surface area contributed by atoms with E-state index in [1.807, 2.05) is 12.4 Å². The summed E-state index contributed by atoms with van der Waals surface area (Å²) in [6.07, 6.45) is 4.91. The summed E-state index contributed by atoms with van der Waals surface area (Å²) in [5.74, 6) is 0. The molecular weight excluding hydrogens is 210 g/mol. The lowest BCUT2D eigenvalue weighted by Crippen LogP contribution is -2.35. The van der Waals surface area contributed by atoms with E-state index in [0.29, 0.717) is 6.04 Å². The Balaban J connectivity index is 2.29. The molecule has 1 atom stereocenters. The van der Waals surface area contributed by atoms with Gasteiger partial charge in [-0.3, -0.25) is 9.88 Å². The van der Waals surface area contributed by atoms with E-state index in [1.165, 1.54) is 12.0 Å². The Morgan fingerprint density at radius 2 is 2.00 bits per heavy atom. The van der Waals surface area contributed by atoms with Gasteiger partial charge in [0.1, 0.15) is 0 Å². The number of pyridine rings is 1. The van der Waals surface area contributed by atoms with Gasteiger partial charge in [0.05, 0.1) is 0 Å². The van der Waals surface area contributed by atoms with Crippen molar-refractivity contribution in [3.05, 3.63) is 30.1 Å². The Morgan fingerprint density at radius 3 is 2.59 bits per heavy atom. The topological polar surface area (TPSA) is 28.2 Å². The van der Waals surface area contributed by atoms with Gasteiger partial charge in [-0.15, -0.1) is 0 Å². The van der Waals surface area contributed by atoms with Gasteiger partial charge in [0.2, 0.25) is 0 Å². The second-order valence-corrected chi connectivity index (χ2v) is 4.49. The van der Waals surface area contributed by atoms with Crippen molar-refractivity contribution >= 4 is 0 Å². The van der Waals surface area contributed by atoms with Crippen molar-refractivity contribution in [2.24, 2.45) is 0 Å². The van der Waals surface area contributed by atoms with Crippen molar-refractivity contribution in [1.82, 2.24) is 15.2 Å². The smallest absolute Gasteiger partial charge is 0.0271 e.